The molecule has 3 amide bonds. The van der Waals surface area contributed by atoms with Gasteiger partial charge in [0.25, 0.3) is 0 Å². The minimum atomic E-state index is -0.608. The van der Waals surface area contributed by atoms with E-state index in [9.17, 15) is 9.59 Å². The fourth-order valence-corrected chi connectivity index (χ4v) is 4.13. The summed E-state index contributed by atoms with van der Waals surface area (Å²) in [7, 11) is 3.43. The van der Waals surface area contributed by atoms with Crippen LogP contribution in [0.3, 0.4) is 0 Å². The molecule has 0 aromatic heterocycles. The van der Waals surface area contributed by atoms with Gasteiger partial charge in [-0.25, -0.2) is 4.79 Å². The molecule has 2 aromatic rings. The first kappa shape index (κ1) is 17.4. The van der Waals surface area contributed by atoms with Crippen LogP contribution in [0.5, 0.6) is 5.75 Å². The third-order valence-corrected chi connectivity index (χ3v) is 5.65. The smallest absolute Gasteiger partial charge is 0.317 e. The molecule has 2 heterocycles. The molecule has 6 heteroatoms. The second-order valence-corrected chi connectivity index (χ2v) is 7.14. The third-order valence-electron chi connectivity index (χ3n) is 5.65. The van der Waals surface area contributed by atoms with E-state index < -0.39 is 5.41 Å². The standard InChI is InChI=1S/C21H23N3O3/c1-23-18-6-4-3-5-17(18)21(19(23)25)11-12-24(14-21)20(26)22-13-15-7-9-16(27-2)10-8-15/h3-10H,11-14H2,1-2H3,(H,22,26). The molecule has 0 radical (unpaired) electrons. The Labute approximate surface area is 158 Å². The van der Waals surface area contributed by atoms with Crippen LogP contribution in [0, 0.1) is 0 Å². The van der Waals surface area contributed by atoms with Crippen LogP contribution in [-0.4, -0.2) is 44.1 Å². The molecule has 2 aliphatic rings. The van der Waals surface area contributed by atoms with E-state index in [-0.39, 0.29) is 11.9 Å². The largest absolute Gasteiger partial charge is 0.497 e. The highest BCUT2D eigenvalue weighted by Crippen LogP contribution is 2.46. The minimum Gasteiger partial charge on any atom is -0.497 e. The molecule has 1 spiro atoms. The number of nitrogens with zero attached hydrogens (tertiary/aromatic N) is 2. The fourth-order valence-electron chi connectivity index (χ4n) is 4.13. The molecule has 2 aliphatic heterocycles. The number of methoxy groups -OCH3 is 1. The van der Waals surface area contributed by atoms with Gasteiger partial charge in [-0.05, 0) is 35.7 Å². The van der Waals surface area contributed by atoms with Gasteiger partial charge in [-0.2, -0.15) is 0 Å². The van der Waals surface area contributed by atoms with E-state index >= 15 is 0 Å². The van der Waals surface area contributed by atoms with Crippen molar-refractivity contribution in [1.29, 1.82) is 0 Å². The number of urea groups is 1. The SMILES string of the molecule is COc1ccc(CNC(=O)N2CCC3(C2)C(=O)N(C)c2ccccc23)cc1. The molecule has 2 aromatic carbocycles. The first-order valence-electron chi connectivity index (χ1n) is 9.08. The van der Waals surface area contributed by atoms with Crippen LogP contribution >= 0.6 is 0 Å². The number of ether oxygens (including phenoxy) is 1. The summed E-state index contributed by atoms with van der Waals surface area (Å²) < 4.78 is 5.15. The van der Waals surface area contributed by atoms with Crippen LogP contribution in [0.2, 0.25) is 0 Å². The molecule has 1 saturated heterocycles. The maximum Gasteiger partial charge on any atom is 0.317 e. The van der Waals surface area contributed by atoms with Gasteiger partial charge in [-0.15, -0.1) is 0 Å². The first-order valence-corrected chi connectivity index (χ1v) is 9.08. The van der Waals surface area contributed by atoms with Crippen molar-refractivity contribution in [2.75, 3.05) is 32.1 Å². The van der Waals surface area contributed by atoms with Gasteiger partial charge in [-0.3, -0.25) is 4.79 Å². The van der Waals surface area contributed by atoms with Crippen molar-refractivity contribution in [1.82, 2.24) is 10.2 Å². The van der Waals surface area contributed by atoms with Crippen LogP contribution in [0.15, 0.2) is 48.5 Å². The number of amides is 3. The Kier molecular flexibility index (Phi) is 4.26. The number of likely N-dealkylation sites (N-methyl/N-ethyl adjacent to an activating group) is 1. The molecule has 6 nitrogen and oxygen atoms in total. The Bertz CT molecular complexity index is 880. The number of hydrogen-bond donors (Lipinski definition) is 1. The van der Waals surface area contributed by atoms with Crippen LogP contribution in [0.25, 0.3) is 0 Å². The van der Waals surface area contributed by atoms with Crippen molar-refractivity contribution in [2.45, 2.75) is 18.4 Å². The van der Waals surface area contributed by atoms with Gasteiger partial charge in [0.2, 0.25) is 5.91 Å². The summed E-state index contributed by atoms with van der Waals surface area (Å²) in [6, 6.07) is 15.3. The van der Waals surface area contributed by atoms with Crippen LogP contribution < -0.4 is 15.0 Å². The molecular formula is C21H23N3O3. The summed E-state index contributed by atoms with van der Waals surface area (Å²) in [5.74, 6) is 0.864. The predicted molar refractivity (Wildman–Crippen MR) is 103 cm³/mol. The minimum absolute atomic E-state index is 0.0779. The Morgan fingerprint density at radius 2 is 1.93 bits per heavy atom. The Morgan fingerprint density at radius 1 is 1.19 bits per heavy atom. The molecule has 0 saturated carbocycles. The van der Waals surface area contributed by atoms with Gasteiger partial charge >= 0.3 is 6.03 Å². The summed E-state index contributed by atoms with van der Waals surface area (Å²) in [6.45, 7) is 1.43. The van der Waals surface area contributed by atoms with Crippen molar-refractivity contribution >= 4 is 17.6 Å². The van der Waals surface area contributed by atoms with E-state index in [2.05, 4.69) is 5.32 Å². The number of benzene rings is 2. The fraction of sp³-hybridized carbons (Fsp3) is 0.333. The van der Waals surface area contributed by atoms with E-state index in [1.165, 1.54) is 0 Å². The maximum absolute atomic E-state index is 12.9. The lowest BCUT2D eigenvalue weighted by atomic mass is 9.81. The maximum atomic E-state index is 12.9. The number of nitrogens with one attached hydrogen (secondary N) is 1. The zero-order valence-electron chi connectivity index (χ0n) is 15.6. The predicted octanol–water partition coefficient (Wildman–Crippen LogP) is 2.52. The van der Waals surface area contributed by atoms with E-state index in [1.807, 2.05) is 55.6 Å². The van der Waals surface area contributed by atoms with Crippen molar-refractivity contribution in [3.8, 4) is 5.75 Å². The summed E-state index contributed by atoms with van der Waals surface area (Å²) in [6.07, 6.45) is 0.656. The van der Waals surface area contributed by atoms with Gasteiger partial charge < -0.3 is 19.9 Å². The molecule has 4 rings (SSSR count). The zero-order chi connectivity index (χ0) is 19.0. The number of anilines is 1. The van der Waals surface area contributed by atoms with Crippen molar-refractivity contribution in [2.24, 2.45) is 0 Å². The van der Waals surface area contributed by atoms with Gasteiger partial charge in [0.05, 0.1) is 12.5 Å². The van der Waals surface area contributed by atoms with Crippen molar-refractivity contribution in [3.63, 3.8) is 0 Å². The summed E-state index contributed by atoms with van der Waals surface area (Å²) in [5, 5.41) is 2.96. The number of fused-ring (bicyclic) bond motifs is 2. The van der Waals surface area contributed by atoms with E-state index in [0.717, 1.165) is 22.6 Å². The lowest BCUT2D eigenvalue weighted by Crippen LogP contribution is -2.44. The molecule has 140 valence electrons. The molecule has 0 bridgehead atoms. The highest BCUT2D eigenvalue weighted by atomic mass is 16.5. The highest BCUT2D eigenvalue weighted by Gasteiger charge is 2.54. The van der Waals surface area contributed by atoms with Crippen LogP contribution in [0.1, 0.15) is 17.5 Å². The molecular weight excluding hydrogens is 342 g/mol. The normalized spacial score (nSPS) is 20.9. The van der Waals surface area contributed by atoms with E-state index in [0.29, 0.717) is 26.1 Å². The van der Waals surface area contributed by atoms with Gasteiger partial charge in [-0.1, -0.05) is 30.3 Å². The molecule has 1 unspecified atom stereocenters. The monoisotopic (exact) mass is 365 g/mol. The molecule has 0 aliphatic carbocycles. The Morgan fingerprint density at radius 3 is 2.67 bits per heavy atom. The van der Waals surface area contributed by atoms with Crippen molar-refractivity contribution < 1.29 is 14.3 Å². The number of likely N-dealkylation sites (tertiary alicyclic amines) is 1. The summed E-state index contributed by atoms with van der Waals surface area (Å²) in [5.41, 5.74) is 2.37. The summed E-state index contributed by atoms with van der Waals surface area (Å²) >= 11 is 0. The number of hydrogen-bond acceptors (Lipinski definition) is 3. The average Bonchev–Trinajstić information content (AvgIpc) is 3.25. The lowest BCUT2D eigenvalue weighted by molar-refractivity contribution is -0.122. The first-order chi connectivity index (χ1) is 13.0. The topological polar surface area (TPSA) is 61.9 Å². The molecule has 1 atom stereocenters. The number of carbonyl (C=O) groups excluding carboxylic acids is 2. The average molecular weight is 365 g/mol. The number of carbonyl (C=O) groups is 2. The molecule has 1 fully saturated rings. The van der Waals surface area contributed by atoms with Gasteiger partial charge in [0, 0.05) is 32.4 Å². The number of para-hydroxylation sites is 1. The zero-order valence-corrected chi connectivity index (χ0v) is 15.6. The summed E-state index contributed by atoms with van der Waals surface area (Å²) in [4.78, 5) is 29.1. The van der Waals surface area contributed by atoms with Crippen LogP contribution in [0.4, 0.5) is 10.5 Å². The quantitative estimate of drug-likeness (QED) is 0.909. The molecule has 1 N–H and O–H groups in total. The Balaban J connectivity index is 1.45. The lowest BCUT2D eigenvalue weighted by Gasteiger charge is -2.23. The van der Waals surface area contributed by atoms with E-state index in [1.54, 1.807) is 16.9 Å². The van der Waals surface area contributed by atoms with Gasteiger partial charge in [0.1, 0.15) is 5.75 Å². The highest BCUT2D eigenvalue weighted by molar-refractivity contribution is 6.08. The molecule has 27 heavy (non-hydrogen) atoms. The van der Waals surface area contributed by atoms with Crippen LogP contribution in [-0.2, 0) is 16.8 Å². The van der Waals surface area contributed by atoms with E-state index in [4.69, 9.17) is 4.74 Å². The number of rotatable bonds is 3. The third kappa shape index (κ3) is 2.81. The second kappa shape index (κ2) is 6.61. The van der Waals surface area contributed by atoms with Crippen molar-refractivity contribution in [3.05, 3.63) is 59.7 Å². The Hall–Kier alpha value is -3.02. The van der Waals surface area contributed by atoms with Gasteiger partial charge in [0.15, 0.2) is 0 Å². The second-order valence-electron chi connectivity index (χ2n) is 7.14.